The summed E-state index contributed by atoms with van der Waals surface area (Å²) in [4.78, 5) is 0. The standard InChI is InChI=1S/C14H18O2/c1-4-9-14(10-5-1)15-11-8-12-6-2-3-7-13(12)16-14/h2-3,6-7H,1,4-5,8-11H2. The van der Waals surface area contributed by atoms with Crippen LogP contribution in [0.1, 0.15) is 37.7 Å². The highest BCUT2D eigenvalue weighted by Gasteiger charge is 2.37. The molecule has 0 saturated heterocycles. The van der Waals surface area contributed by atoms with Gasteiger partial charge in [0.05, 0.1) is 6.61 Å². The van der Waals surface area contributed by atoms with Crippen LogP contribution < -0.4 is 4.74 Å². The van der Waals surface area contributed by atoms with E-state index in [0.717, 1.165) is 31.6 Å². The third-order valence-corrected chi connectivity index (χ3v) is 3.62. The highest BCUT2D eigenvalue weighted by molar-refractivity contribution is 5.34. The number of hydrogen-bond donors (Lipinski definition) is 0. The van der Waals surface area contributed by atoms with Crippen molar-refractivity contribution < 1.29 is 9.47 Å². The van der Waals surface area contributed by atoms with Crippen molar-refractivity contribution in [3.05, 3.63) is 29.8 Å². The van der Waals surface area contributed by atoms with E-state index in [4.69, 9.17) is 9.47 Å². The Hall–Kier alpha value is -1.02. The Morgan fingerprint density at radius 1 is 1.00 bits per heavy atom. The van der Waals surface area contributed by atoms with Crippen LogP contribution in [0.25, 0.3) is 0 Å². The van der Waals surface area contributed by atoms with Crippen molar-refractivity contribution in [2.75, 3.05) is 6.61 Å². The largest absolute Gasteiger partial charge is 0.462 e. The fraction of sp³-hybridized carbons (Fsp3) is 0.571. The summed E-state index contributed by atoms with van der Waals surface area (Å²) in [7, 11) is 0. The van der Waals surface area contributed by atoms with Crippen molar-refractivity contribution in [2.45, 2.75) is 44.3 Å². The molecule has 0 amide bonds. The van der Waals surface area contributed by atoms with Crippen LogP contribution in [0.15, 0.2) is 24.3 Å². The summed E-state index contributed by atoms with van der Waals surface area (Å²) in [5.41, 5.74) is 1.28. The number of rotatable bonds is 0. The van der Waals surface area contributed by atoms with Gasteiger partial charge in [0.2, 0.25) is 5.79 Å². The van der Waals surface area contributed by atoms with Crippen molar-refractivity contribution in [1.29, 1.82) is 0 Å². The molecule has 0 unspecified atom stereocenters. The molecule has 2 heteroatoms. The van der Waals surface area contributed by atoms with E-state index >= 15 is 0 Å². The van der Waals surface area contributed by atoms with Gasteiger partial charge in [-0.2, -0.15) is 0 Å². The van der Waals surface area contributed by atoms with Crippen molar-refractivity contribution in [3.8, 4) is 5.75 Å². The average molecular weight is 218 g/mol. The molecule has 1 saturated carbocycles. The molecular formula is C14H18O2. The summed E-state index contributed by atoms with van der Waals surface area (Å²) < 4.78 is 12.2. The minimum absolute atomic E-state index is 0.315. The Labute approximate surface area is 96.6 Å². The molecule has 0 bridgehead atoms. The van der Waals surface area contributed by atoms with Crippen LogP contribution in [-0.4, -0.2) is 12.4 Å². The maximum absolute atomic E-state index is 6.16. The zero-order valence-corrected chi connectivity index (χ0v) is 9.58. The van der Waals surface area contributed by atoms with E-state index in [2.05, 4.69) is 18.2 Å². The van der Waals surface area contributed by atoms with E-state index < -0.39 is 0 Å². The fourth-order valence-electron chi connectivity index (χ4n) is 2.72. The topological polar surface area (TPSA) is 18.5 Å². The Bertz CT molecular complexity index is 367. The van der Waals surface area contributed by atoms with E-state index in [1.165, 1.54) is 24.8 Å². The van der Waals surface area contributed by atoms with E-state index in [-0.39, 0.29) is 5.79 Å². The minimum atomic E-state index is -0.315. The van der Waals surface area contributed by atoms with E-state index in [9.17, 15) is 0 Å². The van der Waals surface area contributed by atoms with Crippen LogP contribution in [0, 0.1) is 0 Å². The van der Waals surface area contributed by atoms with Gasteiger partial charge in [-0.15, -0.1) is 0 Å². The molecule has 0 atom stereocenters. The number of para-hydroxylation sites is 1. The first-order valence-electron chi connectivity index (χ1n) is 6.29. The zero-order chi connectivity index (χ0) is 10.8. The normalized spacial score (nSPS) is 23.2. The molecule has 1 aliphatic heterocycles. The summed E-state index contributed by atoms with van der Waals surface area (Å²) in [6.07, 6.45) is 6.82. The quantitative estimate of drug-likeness (QED) is 0.665. The lowest BCUT2D eigenvalue weighted by Gasteiger charge is -2.36. The van der Waals surface area contributed by atoms with Crippen molar-refractivity contribution in [1.82, 2.24) is 0 Å². The molecule has 0 N–H and O–H groups in total. The van der Waals surface area contributed by atoms with E-state index in [1.54, 1.807) is 0 Å². The number of benzene rings is 1. The van der Waals surface area contributed by atoms with Crippen molar-refractivity contribution in [3.63, 3.8) is 0 Å². The maximum Gasteiger partial charge on any atom is 0.210 e. The van der Waals surface area contributed by atoms with Gasteiger partial charge in [0.15, 0.2) is 0 Å². The smallest absolute Gasteiger partial charge is 0.210 e. The molecule has 3 rings (SSSR count). The molecule has 0 radical (unpaired) electrons. The Morgan fingerprint density at radius 3 is 2.69 bits per heavy atom. The zero-order valence-electron chi connectivity index (χ0n) is 9.58. The lowest BCUT2D eigenvalue weighted by molar-refractivity contribution is -0.195. The summed E-state index contributed by atoms with van der Waals surface area (Å²) in [5.74, 6) is 0.715. The van der Waals surface area contributed by atoms with Crippen molar-refractivity contribution in [2.24, 2.45) is 0 Å². The summed E-state index contributed by atoms with van der Waals surface area (Å²) in [6.45, 7) is 0.789. The molecule has 2 nitrogen and oxygen atoms in total. The lowest BCUT2D eigenvalue weighted by atomic mass is 9.94. The summed E-state index contributed by atoms with van der Waals surface area (Å²) >= 11 is 0. The predicted octanol–water partition coefficient (Wildman–Crippen LogP) is 3.30. The van der Waals surface area contributed by atoms with Gasteiger partial charge in [0.25, 0.3) is 0 Å². The van der Waals surface area contributed by atoms with E-state index in [0.29, 0.717) is 0 Å². The molecule has 86 valence electrons. The van der Waals surface area contributed by atoms with Gasteiger partial charge >= 0.3 is 0 Å². The van der Waals surface area contributed by atoms with Crippen LogP contribution >= 0.6 is 0 Å². The van der Waals surface area contributed by atoms with Gasteiger partial charge in [-0.25, -0.2) is 0 Å². The molecular weight excluding hydrogens is 200 g/mol. The number of ether oxygens (including phenoxy) is 2. The van der Waals surface area contributed by atoms with Gasteiger partial charge in [-0.1, -0.05) is 24.6 Å². The first-order chi connectivity index (χ1) is 7.88. The molecule has 1 spiro atoms. The third-order valence-electron chi connectivity index (χ3n) is 3.62. The van der Waals surface area contributed by atoms with Crippen LogP contribution in [0.5, 0.6) is 5.75 Å². The van der Waals surface area contributed by atoms with E-state index in [1.807, 2.05) is 6.07 Å². The third kappa shape index (κ3) is 1.82. The van der Waals surface area contributed by atoms with Gasteiger partial charge in [-0.3, -0.25) is 0 Å². The SMILES string of the molecule is c1ccc2c(c1)CCOC1(CCCCC1)O2. The average Bonchev–Trinajstić information content (AvgIpc) is 2.49. The van der Waals surface area contributed by atoms with Gasteiger partial charge < -0.3 is 9.47 Å². The van der Waals surface area contributed by atoms with Gasteiger partial charge in [0.1, 0.15) is 5.75 Å². The monoisotopic (exact) mass is 218 g/mol. The molecule has 16 heavy (non-hydrogen) atoms. The van der Waals surface area contributed by atoms with Crippen LogP contribution in [0.3, 0.4) is 0 Å². The Kier molecular flexibility index (Phi) is 2.60. The second-order valence-corrected chi connectivity index (χ2v) is 4.78. The first-order valence-corrected chi connectivity index (χ1v) is 6.29. The molecule has 1 heterocycles. The summed E-state index contributed by atoms with van der Waals surface area (Å²) in [6, 6.07) is 8.32. The second kappa shape index (κ2) is 4.10. The fourth-order valence-corrected chi connectivity index (χ4v) is 2.72. The molecule has 1 aliphatic carbocycles. The van der Waals surface area contributed by atoms with Crippen LogP contribution in [0.4, 0.5) is 0 Å². The van der Waals surface area contributed by atoms with Gasteiger partial charge in [-0.05, 0) is 30.9 Å². The molecule has 1 fully saturated rings. The van der Waals surface area contributed by atoms with Gasteiger partial charge in [0, 0.05) is 12.8 Å². The molecule has 2 aliphatic rings. The van der Waals surface area contributed by atoms with Crippen LogP contribution in [0.2, 0.25) is 0 Å². The molecule has 0 aromatic heterocycles. The van der Waals surface area contributed by atoms with Crippen molar-refractivity contribution >= 4 is 0 Å². The Balaban J connectivity index is 1.89. The Morgan fingerprint density at radius 2 is 1.81 bits per heavy atom. The highest BCUT2D eigenvalue weighted by atomic mass is 16.7. The number of hydrogen-bond acceptors (Lipinski definition) is 2. The molecule has 1 aromatic carbocycles. The number of fused-ring (bicyclic) bond motifs is 1. The highest BCUT2D eigenvalue weighted by Crippen LogP contribution is 2.37. The minimum Gasteiger partial charge on any atom is -0.462 e. The second-order valence-electron chi connectivity index (χ2n) is 4.78. The summed E-state index contributed by atoms with van der Waals surface area (Å²) in [5, 5.41) is 0. The predicted molar refractivity (Wildman–Crippen MR) is 62.5 cm³/mol. The first kappa shape index (κ1) is 10.2. The van der Waals surface area contributed by atoms with Crippen LogP contribution in [-0.2, 0) is 11.2 Å². The maximum atomic E-state index is 6.16. The molecule has 1 aromatic rings. The lowest BCUT2D eigenvalue weighted by Crippen LogP contribution is -2.40.